The summed E-state index contributed by atoms with van der Waals surface area (Å²) in [5, 5.41) is 2.80. The van der Waals surface area contributed by atoms with Crippen molar-refractivity contribution in [3.63, 3.8) is 0 Å². The van der Waals surface area contributed by atoms with Gasteiger partial charge in [-0.05, 0) is 6.92 Å². The van der Waals surface area contributed by atoms with Gasteiger partial charge in [0.1, 0.15) is 0 Å². The summed E-state index contributed by atoms with van der Waals surface area (Å²) < 4.78 is 0. The van der Waals surface area contributed by atoms with Crippen molar-refractivity contribution in [3.05, 3.63) is 53.6 Å². The van der Waals surface area contributed by atoms with Crippen LogP contribution in [0.4, 0.5) is 0 Å². The van der Waals surface area contributed by atoms with Crippen LogP contribution in [0.3, 0.4) is 0 Å². The van der Waals surface area contributed by atoms with E-state index in [0.29, 0.717) is 18.5 Å². The molecule has 0 bridgehead atoms. The van der Waals surface area contributed by atoms with Gasteiger partial charge < -0.3 is 10.3 Å². The first-order valence-corrected chi connectivity index (χ1v) is 6.99. The lowest BCUT2D eigenvalue weighted by Gasteiger charge is -2.04. The molecule has 21 heavy (non-hydrogen) atoms. The van der Waals surface area contributed by atoms with E-state index in [2.05, 4.69) is 15.3 Å². The van der Waals surface area contributed by atoms with Crippen LogP contribution in [0.2, 0.25) is 0 Å². The molecule has 0 saturated heterocycles. The summed E-state index contributed by atoms with van der Waals surface area (Å²) in [7, 11) is 0. The van der Waals surface area contributed by atoms with Crippen LogP contribution in [-0.2, 0) is 11.2 Å². The van der Waals surface area contributed by atoms with Gasteiger partial charge >= 0.3 is 0 Å². The zero-order chi connectivity index (χ0) is 15.1. The van der Waals surface area contributed by atoms with Crippen molar-refractivity contribution in [2.45, 2.75) is 26.2 Å². The predicted molar refractivity (Wildman–Crippen MR) is 80.0 cm³/mol. The van der Waals surface area contributed by atoms with E-state index < -0.39 is 0 Å². The number of imidazole rings is 1. The third-order valence-electron chi connectivity index (χ3n) is 3.22. The Bertz CT molecular complexity index is 588. The minimum atomic E-state index is -0.102. The number of carbonyl (C=O) groups excluding carboxylic acids is 2. The highest BCUT2D eigenvalue weighted by Crippen LogP contribution is 2.07. The quantitative estimate of drug-likeness (QED) is 0.764. The monoisotopic (exact) mass is 285 g/mol. The normalized spacial score (nSPS) is 10.3. The lowest BCUT2D eigenvalue weighted by molar-refractivity contribution is -0.121. The van der Waals surface area contributed by atoms with Gasteiger partial charge in [0.15, 0.2) is 5.78 Å². The number of aromatic amines is 1. The molecular weight excluding hydrogens is 266 g/mol. The molecule has 0 atom stereocenters. The summed E-state index contributed by atoms with van der Waals surface area (Å²) in [4.78, 5) is 30.5. The van der Waals surface area contributed by atoms with Crippen molar-refractivity contribution in [3.8, 4) is 0 Å². The molecule has 0 aliphatic heterocycles. The molecule has 0 spiro atoms. The van der Waals surface area contributed by atoms with Crippen molar-refractivity contribution in [2.75, 3.05) is 6.54 Å². The Morgan fingerprint density at radius 1 is 1.19 bits per heavy atom. The number of amides is 1. The van der Waals surface area contributed by atoms with Crippen LogP contribution in [0.15, 0.2) is 36.8 Å². The summed E-state index contributed by atoms with van der Waals surface area (Å²) >= 11 is 0. The van der Waals surface area contributed by atoms with Crippen LogP contribution in [0.25, 0.3) is 0 Å². The second kappa shape index (κ2) is 7.38. The Kier molecular flexibility index (Phi) is 5.26. The van der Waals surface area contributed by atoms with Gasteiger partial charge in [-0.3, -0.25) is 9.59 Å². The van der Waals surface area contributed by atoms with Gasteiger partial charge in [0.25, 0.3) is 0 Å². The number of rotatable bonds is 7. The number of ketones is 1. The zero-order valence-corrected chi connectivity index (χ0v) is 12.1. The molecule has 2 rings (SSSR count). The Labute approximate surface area is 123 Å². The summed E-state index contributed by atoms with van der Waals surface area (Å²) in [6, 6.07) is 7.40. The van der Waals surface area contributed by atoms with Crippen molar-refractivity contribution < 1.29 is 9.59 Å². The van der Waals surface area contributed by atoms with E-state index in [9.17, 15) is 9.59 Å². The number of benzene rings is 1. The van der Waals surface area contributed by atoms with Gasteiger partial charge in [0.05, 0.1) is 6.33 Å². The molecule has 0 radical (unpaired) electrons. The summed E-state index contributed by atoms with van der Waals surface area (Å²) in [5.41, 5.74) is 2.75. The van der Waals surface area contributed by atoms with Crippen LogP contribution in [-0.4, -0.2) is 28.2 Å². The fourth-order valence-corrected chi connectivity index (χ4v) is 1.96. The molecule has 0 fully saturated rings. The molecule has 1 aromatic heterocycles. The largest absolute Gasteiger partial charge is 0.356 e. The maximum Gasteiger partial charge on any atom is 0.220 e. The van der Waals surface area contributed by atoms with E-state index in [1.807, 2.05) is 19.1 Å². The number of nitrogens with zero attached hydrogens (tertiary/aromatic N) is 1. The van der Waals surface area contributed by atoms with Gasteiger partial charge in [0.2, 0.25) is 5.91 Å². The molecule has 1 aromatic carbocycles. The van der Waals surface area contributed by atoms with E-state index in [0.717, 1.165) is 11.3 Å². The number of H-pyrrole nitrogens is 1. The first-order valence-electron chi connectivity index (χ1n) is 6.99. The van der Waals surface area contributed by atoms with Crippen molar-refractivity contribution in [1.29, 1.82) is 0 Å². The Balaban J connectivity index is 1.68. The average molecular weight is 285 g/mol. The predicted octanol–water partition coefficient (Wildman–Crippen LogP) is 2.04. The average Bonchev–Trinajstić information content (AvgIpc) is 2.99. The number of nitrogens with one attached hydrogen (secondary N) is 2. The summed E-state index contributed by atoms with van der Waals surface area (Å²) in [6.07, 6.45) is 4.50. The van der Waals surface area contributed by atoms with Gasteiger partial charge in [-0.25, -0.2) is 4.98 Å². The second-order valence-electron chi connectivity index (χ2n) is 4.97. The molecule has 5 nitrogen and oxygen atoms in total. The highest BCUT2D eigenvalue weighted by molar-refractivity contribution is 5.97. The molecule has 1 heterocycles. The number of aromatic nitrogens is 2. The van der Waals surface area contributed by atoms with Crippen LogP contribution >= 0.6 is 0 Å². The number of carbonyl (C=O) groups is 2. The highest BCUT2D eigenvalue weighted by atomic mass is 16.2. The SMILES string of the molecule is Cc1ccc(C(=O)CCC(=O)NCCc2cnc[nH]2)cc1. The molecule has 0 saturated carbocycles. The van der Waals surface area contributed by atoms with E-state index in [1.54, 1.807) is 24.7 Å². The second-order valence-corrected chi connectivity index (χ2v) is 4.97. The number of aryl methyl sites for hydroxylation is 1. The summed E-state index contributed by atoms with van der Waals surface area (Å²) in [5.74, 6) is -0.103. The Morgan fingerprint density at radius 3 is 2.62 bits per heavy atom. The molecule has 2 N–H and O–H groups in total. The number of hydrogen-bond acceptors (Lipinski definition) is 3. The minimum Gasteiger partial charge on any atom is -0.356 e. The van der Waals surface area contributed by atoms with Crippen LogP contribution in [0.1, 0.15) is 34.5 Å². The molecular formula is C16H19N3O2. The first-order chi connectivity index (χ1) is 10.1. The van der Waals surface area contributed by atoms with Crippen molar-refractivity contribution in [1.82, 2.24) is 15.3 Å². The molecule has 0 aliphatic rings. The van der Waals surface area contributed by atoms with Crippen molar-refractivity contribution in [2.24, 2.45) is 0 Å². The van der Waals surface area contributed by atoms with Crippen LogP contribution in [0.5, 0.6) is 0 Å². The zero-order valence-electron chi connectivity index (χ0n) is 12.1. The Hall–Kier alpha value is -2.43. The molecule has 2 aromatic rings. The molecule has 0 unspecified atom stereocenters. The number of hydrogen-bond donors (Lipinski definition) is 2. The lowest BCUT2D eigenvalue weighted by atomic mass is 10.1. The van der Waals surface area contributed by atoms with Crippen molar-refractivity contribution >= 4 is 11.7 Å². The molecule has 110 valence electrons. The smallest absolute Gasteiger partial charge is 0.220 e. The third kappa shape index (κ3) is 4.87. The van der Waals surface area contributed by atoms with E-state index >= 15 is 0 Å². The third-order valence-corrected chi connectivity index (χ3v) is 3.22. The van der Waals surface area contributed by atoms with E-state index in [1.165, 1.54) is 0 Å². The van der Waals surface area contributed by atoms with E-state index in [4.69, 9.17) is 0 Å². The number of Topliss-reactive ketones (excluding diaryl/α,β-unsaturated/α-hetero) is 1. The Morgan fingerprint density at radius 2 is 1.95 bits per heavy atom. The van der Waals surface area contributed by atoms with Crippen LogP contribution in [0, 0.1) is 6.92 Å². The fourth-order valence-electron chi connectivity index (χ4n) is 1.96. The van der Waals surface area contributed by atoms with Crippen LogP contribution < -0.4 is 5.32 Å². The first kappa shape index (κ1) is 15.0. The lowest BCUT2D eigenvalue weighted by Crippen LogP contribution is -2.26. The van der Waals surface area contributed by atoms with Gasteiger partial charge in [0, 0.05) is 43.3 Å². The molecule has 5 heteroatoms. The maximum atomic E-state index is 11.9. The standard InChI is InChI=1S/C16H19N3O2/c1-12-2-4-13(5-3-12)15(20)6-7-16(21)18-9-8-14-10-17-11-19-14/h2-5,10-11H,6-9H2,1H3,(H,17,19)(H,18,21). The van der Waals surface area contributed by atoms with Gasteiger partial charge in [-0.1, -0.05) is 29.8 Å². The topological polar surface area (TPSA) is 74.8 Å². The maximum absolute atomic E-state index is 11.9. The summed E-state index contributed by atoms with van der Waals surface area (Å²) in [6.45, 7) is 2.52. The highest BCUT2D eigenvalue weighted by Gasteiger charge is 2.09. The fraction of sp³-hybridized carbons (Fsp3) is 0.312. The minimum absolute atomic E-state index is 0.00119. The van der Waals surface area contributed by atoms with Gasteiger partial charge in [-0.15, -0.1) is 0 Å². The molecule has 1 amide bonds. The van der Waals surface area contributed by atoms with E-state index in [-0.39, 0.29) is 24.5 Å². The molecule has 0 aliphatic carbocycles. The van der Waals surface area contributed by atoms with Gasteiger partial charge in [-0.2, -0.15) is 0 Å².